The van der Waals surface area contributed by atoms with Crippen LogP contribution in [0.4, 0.5) is 16.3 Å². The minimum Gasteiger partial charge on any atom is -0.464 e. The second-order valence-electron chi connectivity index (χ2n) is 7.59. The molecule has 8 nitrogen and oxygen atoms in total. The summed E-state index contributed by atoms with van der Waals surface area (Å²) in [7, 11) is 1.31. The number of carbonyl (C=O) groups is 2. The molecule has 1 atom stereocenters. The van der Waals surface area contributed by atoms with Gasteiger partial charge in [0.25, 0.3) is 0 Å². The van der Waals surface area contributed by atoms with Crippen molar-refractivity contribution in [3.63, 3.8) is 0 Å². The smallest absolute Gasteiger partial charge is 0.358 e. The molecule has 1 fully saturated rings. The Morgan fingerprint density at radius 3 is 2.60 bits per heavy atom. The van der Waals surface area contributed by atoms with Crippen LogP contribution < -0.4 is 10.2 Å². The van der Waals surface area contributed by atoms with Crippen LogP contribution in [-0.2, 0) is 4.74 Å². The molecule has 160 valence electrons. The summed E-state index contributed by atoms with van der Waals surface area (Å²) in [6.07, 6.45) is 2.98. The molecule has 1 aromatic heterocycles. The molecule has 0 spiro atoms. The first-order valence-electron chi connectivity index (χ1n) is 9.79. The van der Waals surface area contributed by atoms with E-state index in [1.165, 1.54) is 13.3 Å². The summed E-state index contributed by atoms with van der Waals surface area (Å²) in [5.41, 5.74) is 1.83. The van der Waals surface area contributed by atoms with E-state index in [9.17, 15) is 9.59 Å². The molecule has 0 saturated carbocycles. The molecule has 0 aliphatic carbocycles. The third-order valence-electron chi connectivity index (χ3n) is 5.24. The molecule has 30 heavy (non-hydrogen) atoms. The van der Waals surface area contributed by atoms with Gasteiger partial charge < -0.3 is 19.9 Å². The van der Waals surface area contributed by atoms with Gasteiger partial charge in [0.05, 0.1) is 25.5 Å². The van der Waals surface area contributed by atoms with Gasteiger partial charge in [0.1, 0.15) is 5.82 Å². The summed E-state index contributed by atoms with van der Waals surface area (Å²) in [4.78, 5) is 37.0. The van der Waals surface area contributed by atoms with Crippen LogP contribution in [-0.4, -0.2) is 59.7 Å². The number of nitrogens with zero attached hydrogens (tertiary/aromatic N) is 4. The van der Waals surface area contributed by atoms with Crippen LogP contribution >= 0.6 is 11.6 Å². The van der Waals surface area contributed by atoms with Crippen molar-refractivity contribution in [3.05, 3.63) is 46.9 Å². The van der Waals surface area contributed by atoms with Gasteiger partial charge in [-0.25, -0.2) is 19.6 Å². The van der Waals surface area contributed by atoms with Crippen molar-refractivity contribution in [2.24, 2.45) is 5.92 Å². The number of aromatic nitrogens is 2. The number of methoxy groups -OCH3 is 1. The lowest BCUT2D eigenvalue weighted by atomic mass is 10.00. The molecule has 2 aromatic rings. The fraction of sp³-hybridized carbons (Fsp3) is 0.429. The highest BCUT2D eigenvalue weighted by molar-refractivity contribution is 6.30. The van der Waals surface area contributed by atoms with Crippen molar-refractivity contribution >= 4 is 35.1 Å². The highest BCUT2D eigenvalue weighted by Gasteiger charge is 2.33. The van der Waals surface area contributed by atoms with Crippen molar-refractivity contribution in [3.8, 4) is 0 Å². The molecule has 1 N–H and O–H groups in total. The van der Waals surface area contributed by atoms with Crippen LogP contribution in [0.1, 0.15) is 29.9 Å². The Hall–Kier alpha value is -2.87. The highest BCUT2D eigenvalue weighted by atomic mass is 35.5. The second-order valence-corrected chi connectivity index (χ2v) is 8.03. The normalized spacial score (nSPS) is 16.5. The number of hydrogen-bond acceptors (Lipinski definition) is 6. The van der Waals surface area contributed by atoms with Crippen LogP contribution in [0.25, 0.3) is 0 Å². The molecule has 1 unspecified atom stereocenters. The van der Waals surface area contributed by atoms with E-state index >= 15 is 0 Å². The molecule has 3 rings (SSSR count). The van der Waals surface area contributed by atoms with Gasteiger partial charge in [-0.1, -0.05) is 25.4 Å². The molecular weight excluding hydrogens is 406 g/mol. The summed E-state index contributed by atoms with van der Waals surface area (Å²) in [6, 6.07) is 5.26. The number of esters is 1. The van der Waals surface area contributed by atoms with Gasteiger partial charge in [-0.3, -0.25) is 0 Å². The average molecular weight is 432 g/mol. The number of hydrogen-bond donors (Lipinski definition) is 1. The van der Waals surface area contributed by atoms with Crippen LogP contribution in [0.15, 0.2) is 30.6 Å². The lowest BCUT2D eigenvalue weighted by molar-refractivity contribution is 0.0593. The number of ether oxygens (including phenoxy) is 1. The third-order valence-corrected chi connectivity index (χ3v) is 5.47. The molecule has 1 aliphatic rings. The van der Waals surface area contributed by atoms with E-state index in [4.69, 9.17) is 11.6 Å². The van der Waals surface area contributed by atoms with E-state index in [-0.39, 0.29) is 23.7 Å². The van der Waals surface area contributed by atoms with Gasteiger partial charge in [0, 0.05) is 30.3 Å². The lowest BCUT2D eigenvalue weighted by Gasteiger charge is -2.43. The Morgan fingerprint density at radius 1 is 1.23 bits per heavy atom. The Labute approximate surface area is 181 Å². The first-order valence-corrected chi connectivity index (χ1v) is 10.2. The molecule has 0 radical (unpaired) electrons. The standard InChI is InChI=1S/C21H26ClN5O3/c1-13(2)18-12-26(19-11-23-17(10-24-19)20(28)30-4)7-8-27(18)21(29)25-16-6-5-15(22)9-14(16)3/h5-6,9-11,13,18H,7-8,12H2,1-4H3,(H,25,29). The maximum absolute atomic E-state index is 13.0. The fourth-order valence-electron chi connectivity index (χ4n) is 3.49. The van der Waals surface area contributed by atoms with E-state index in [1.54, 1.807) is 12.3 Å². The molecule has 2 heterocycles. The minimum absolute atomic E-state index is 0.00607. The number of benzene rings is 1. The number of aryl methyl sites for hydroxylation is 1. The molecule has 0 bridgehead atoms. The van der Waals surface area contributed by atoms with Crippen molar-refractivity contribution in [1.29, 1.82) is 0 Å². The zero-order chi connectivity index (χ0) is 21.8. The maximum atomic E-state index is 13.0. The SMILES string of the molecule is COC(=O)c1cnc(N2CCN(C(=O)Nc3ccc(Cl)cc3C)C(C(C)C)C2)cn1. The molecule has 1 aromatic carbocycles. The van der Waals surface area contributed by atoms with Gasteiger partial charge in [-0.2, -0.15) is 0 Å². The Balaban J connectivity index is 1.72. The van der Waals surface area contributed by atoms with Gasteiger partial charge in [0.15, 0.2) is 5.69 Å². The molecule has 2 amide bonds. The van der Waals surface area contributed by atoms with Crippen LogP contribution in [0.5, 0.6) is 0 Å². The van der Waals surface area contributed by atoms with E-state index in [0.29, 0.717) is 30.5 Å². The quantitative estimate of drug-likeness (QED) is 0.744. The number of nitrogens with one attached hydrogen (secondary N) is 1. The van der Waals surface area contributed by atoms with Gasteiger partial charge >= 0.3 is 12.0 Å². The van der Waals surface area contributed by atoms with Crippen LogP contribution in [0, 0.1) is 12.8 Å². The first-order chi connectivity index (χ1) is 14.3. The molecule has 1 aliphatic heterocycles. The topological polar surface area (TPSA) is 87.7 Å². The first kappa shape index (κ1) is 21.8. The predicted octanol–water partition coefficient (Wildman–Crippen LogP) is 3.60. The summed E-state index contributed by atoms with van der Waals surface area (Å²) in [5, 5.41) is 3.64. The number of anilines is 2. The Bertz CT molecular complexity index is 919. The number of halogens is 1. The van der Waals surface area contributed by atoms with Crippen molar-refractivity contribution in [1.82, 2.24) is 14.9 Å². The summed E-state index contributed by atoms with van der Waals surface area (Å²) < 4.78 is 4.66. The minimum atomic E-state index is -0.520. The van der Waals surface area contributed by atoms with E-state index in [0.717, 1.165) is 11.3 Å². The Kier molecular flexibility index (Phi) is 6.77. The largest absolute Gasteiger partial charge is 0.464 e. The number of amides is 2. The summed E-state index contributed by atoms with van der Waals surface area (Å²) >= 11 is 6.01. The molecule has 9 heteroatoms. The molecular formula is C21H26ClN5O3. The third kappa shape index (κ3) is 4.81. The summed E-state index contributed by atoms with van der Waals surface area (Å²) in [5.74, 6) is 0.391. The zero-order valence-electron chi connectivity index (χ0n) is 17.6. The number of carbonyl (C=O) groups excluding carboxylic acids is 2. The predicted molar refractivity (Wildman–Crippen MR) is 116 cm³/mol. The average Bonchev–Trinajstić information content (AvgIpc) is 2.74. The van der Waals surface area contributed by atoms with E-state index in [1.807, 2.05) is 24.0 Å². The highest BCUT2D eigenvalue weighted by Crippen LogP contribution is 2.24. The Morgan fingerprint density at radius 2 is 2.00 bits per heavy atom. The monoisotopic (exact) mass is 431 g/mol. The fourth-order valence-corrected chi connectivity index (χ4v) is 3.72. The van der Waals surface area contributed by atoms with Gasteiger partial charge in [0.2, 0.25) is 0 Å². The number of piperazine rings is 1. The van der Waals surface area contributed by atoms with Gasteiger partial charge in [-0.05, 0) is 36.6 Å². The van der Waals surface area contributed by atoms with Crippen molar-refractivity contribution in [2.75, 3.05) is 37.0 Å². The number of urea groups is 1. The number of rotatable bonds is 4. The second kappa shape index (κ2) is 9.30. The summed E-state index contributed by atoms with van der Waals surface area (Å²) in [6.45, 7) is 7.87. The van der Waals surface area contributed by atoms with Crippen molar-refractivity contribution in [2.45, 2.75) is 26.8 Å². The van der Waals surface area contributed by atoms with Gasteiger partial charge in [-0.15, -0.1) is 0 Å². The van der Waals surface area contributed by atoms with E-state index < -0.39 is 5.97 Å². The van der Waals surface area contributed by atoms with Crippen molar-refractivity contribution < 1.29 is 14.3 Å². The molecule has 1 saturated heterocycles. The maximum Gasteiger partial charge on any atom is 0.358 e. The van der Waals surface area contributed by atoms with Crippen LogP contribution in [0.3, 0.4) is 0 Å². The van der Waals surface area contributed by atoms with Crippen LogP contribution in [0.2, 0.25) is 5.02 Å². The lowest BCUT2D eigenvalue weighted by Crippen LogP contribution is -2.58. The zero-order valence-corrected chi connectivity index (χ0v) is 18.3. The van der Waals surface area contributed by atoms with E-state index in [2.05, 4.69) is 38.8 Å².